The molecule has 1 aliphatic rings. The quantitative estimate of drug-likeness (QED) is 0.847. The van der Waals surface area contributed by atoms with Gasteiger partial charge in [-0.1, -0.05) is 0 Å². The Kier molecular flexibility index (Phi) is 3.17. The lowest BCUT2D eigenvalue weighted by molar-refractivity contribution is 0.0958. The van der Waals surface area contributed by atoms with Crippen LogP contribution in [0, 0.1) is 0 Å². The molecule has 0 aromatic carbocycles. The maximum absolute atomic E-state index is 11.7. The highest BCUT2D eigenvalue weighted by molar-refractivity contribution is 5.98. The fraction of sp³-hybridized carbons (Fsp3) is 0.500. The predicted octanol–water partition coefficient (Wildman–Crippen LogP) is 1.05. The standard InChI is InChI=1S/C12H17N3O2/c1-13-12(16)10-11(15(2)3)9(6-7-14-10)17-8-4-5-8/h6-8H,4-5H2,1-3H3,(H,13,16). The van der Waals surface area contributed by atoms with Crippen LogP contribution in [0.15, 0.2) is 12.3 Å². The molecular weight excluding hydrogens is 218 g/mol. The molecule has 1 aromatic rings. The molecule has 5 heteroatoms. The molecule has 5 nitrogen and oxygen atoms in total. The summed E-state index contributed by atoms with van der Waals surface area (Å²) < 4.78 is 5.79. The van der Waals surface area contributed by atoms with Crippen LogP contribution in [0.25, 0.3) is 0 Å². The molecule has 0 unspecified atom stereocenters. The molecule has 0 radical (unpaired) electrons. The summed E-state index contributed by atoms with van der Waals surface area (Å²) in [7, 11) is 5.35. The van der Waals surface area contributed by atoms with Crippen LogP contribution in [0.1, 0.15) is 23.3 Å². The summed E-state index contributed by atoms with van der Waals surface area (Å²) in [6.07, 6.45) is 4.08. The second-order valence-corrected chi connectivity index (χ2v) is 4.30. The largest absolute Gasteiger partial charge is 0.488 e. The highest BCUT2D eigenvalue weighted by atomic mass is 16.5. The van der Waals surface area contributed by atoms with Crippen LogP contribution in [0.5, 0.6) is 5.75 Å². The van der Waals surface area contributed by atoms with Gasteiger partial charge in [0.15, 0.2) is 5.69 Å². The molecule has 1 aromatic heterocycles. The number of amides is 1. The van der Waals surface area contributed by atoms with Gasteiger partial charge in [-0.25, -0.2) is 4.98 Å². The van der Waals surface area contributed by atoms with Crippen LogP contribution in [0.4, 0.5) is 5.69 Å². The van der Waals surface area contributed by atoms with Crippen molar-refractivity contribution in [1.82, 2.24) is 10.3 Å². The van der Waals surface area contributed by atoms with E-state index in [0.29, 0.717) is 11.8 Å². The zero-order valence-corrected chi connectivity index (χ0v) is 10.4. The molecule has 1 heterocycles. The Labute approximate surface area is 101 Å². The van der Waals surface area contributed by atoms with Crippen molar-refractivity contribution in [2.24, 2.45) is 0 Å². The van der Waals surface area contributed by atoms with Crippen molar-refractivity contribution >= 4 is 11.6 Å². The molecule has 1 amide bonds. The third kappa shape index (κ3) is 2.49. The summed E-state index contributed by atoms with van der Waals surface area (Å²) in [5.41, 5.74) is 1.13. The van der Waals surface area contributed by atoms with Crippen molar-refractivity contribution in [2.45, 2.75) is 18.9 Å². The van der Waals surface area contributed by atoms with Gasteiger partial charge in [0.2, 0.25) is 0 Å². The molecule has 1 aliphatic carbocycles. The van der Waals surface area contributed by atoms with Gasteiger partial charge in [-0.2, -0.15) is 0 Å². The number of nitrogens with one attached hydrogen (secondary N) is 1. The number of rotatable bonds is 4. The van der Waals surface area contributed by atoms with E-state index in [9.17, 15) is 4.79 Å². The summed E-state index contributed by atoms with van der Waals surface area (Å²) in [5.74, 6) is 0.529. The van der Waals surface area contributed by atoms with Crippen LogP contribution >= 0.6 is 0 Å². The smallest absolute Gasteiger partial charge is 0.271 e. The van der Waals surface area contributed by atoms with Crippen molar-refractivity contribution < 1.29 is 9.53 Å². The van der Waals surface area contributed by atoms with E-state index in [1.54, 1.807) is 19.3 Å². The lowest BCUT2D eigenvalue weighted by Gasteiger charge is -2.19. The van der Waals surface area contributed by atoms with Crippen LogP contribution in [0.3, 0.4) is 0 Å². The lowest BCUT2D eigenvalue weighted by atomic mass is 10.2. The Morgan fingerprint density at radius 3 is 2.76 bits per heavy atom. The number of hydrogen-bond acceptors (Lipinski definition) is 4. The second-order valence-electron chi connectivity index (χ2n) is 4.30. The fourth-order valence-electron chi connectivity index (χ4n) is 1.61. The van der Waals surface area contributed by atoms with E-state index >= 15 is 0 Å². The number of carbonyl (C=O) groups excluding carboxylic acids is 1. The van der Waals surface area contributed by atoms with Crippen molar-refractivity contribution in [3.05, 3.63) is 18.0 Å². The van der Waals surface area contributed by atoms with Gasteiger partial charge >= 0.3 is 0 Å². The molecule has 0 atom stereocenters. The number of carbonyl (C=O) groups is 1. The first-order valence-corrected chi connectivity index (χ1v) is 5.68. The molecule has 0 aliphatic heterocycles. The minimum Gasteiger partial charge on any atom is -0.488 e. The molecule has 1 saturated carbocycles. The van der Waals surface area contributed by atoms with Crippen molar-refractivity contribution in [3.63, 3.8) is 0 Å². The second kappa shape index (κ2) is 4.61. The Hall–Kier alpha value is -1.78. The lowest BCUT2D eigenvalue weighted by Crippen LogP contribution is -2.24. The number of aromatic nitrogens is 1. The summed E-state index contributed by atoms with van der Waals surface area (Å²) in [5, 5.41) is 2.59. The van der Waals surface area contributed by atoms with Crippen LogP contribution in [-0.4, -0.2) is 38.1 Å². The molecule has 17 heavy (non-hydrogen) atoms. The fourth-order valence-corrected chi connectivity index (χ4v) is 1.61. The zero-order chi connectivity index (χ0) is 12.4. The Morgan fingerprint density at radius 2 is 2.24 bits per heavy atom. The van der Waals surface area contributed by atoms with Crippen LogP contribution in [0.2, 0.25) is 0 Å². The van der Waals surface area contributed by atoms with Crippen molar-refractivity contribution in [1.29, 1.82) is 0 Å². The number of anilines is 1. The SMILES string of the molecule is CNC(=O)c1nccc(OC2CC2)c1N(C)C. The van der Waals surface area contributed by atoms with E-state index in [1.807, 2.05) is 19.0 Å². The number of ether oxygens (including phenoxy) is 1. The normalized spacial score (nSPS) is 14.3. The summed E-state index contributed by atoms with van der Waals surface area (Å²) in [6, 6.07) is 1.81. The molecule has 2 rings (SSSR count). The van der Waals surface area contributed by atoms with Crippen molar-refractivity contribution in [2.75, 3.05) is 26.0 Å². The van der Waals surface area contributed by atoms with Gasteiger partial charge in [0.25, 0.3) is 5.91 Å². The van der Waals surface area contributed by atoms with E-state index in [1.165, 1.54) is 0 Å². The Balaban J connectivity index is 2.39. The Bertz CT molecular complexity index is 428. The minimum atomic E-state index is -0.199. The van der Waals surface area contributed by atoms with E-state index in [0.717, 1.165) is 24.3 Å². The highest BCUT2D eigenvalue weighted by Crippen LogP contribution is 2.34. The van der Waals surface area contributed by atoms with E-state index in [-0.39, 0.29) is 5.91 Å². The average molecular weight is 235 g/mol. The minimum absolute atomic E-state index is 0.199. The molecule has 1 fully saturated rings. The summed E-state index contributed by atoms with van der Waals surface area (Å²) in [4.78, 5) is 17.7. The van der Waals surface area contributed by atoms with Gasteiger partial charge in [0, 0.05) is 33.4 Å². The number of nitrogens with zero attached hydrogens (tertiary/aromatic N) is 2. The molecular formula is C12H17N3O2. The van der Waals surface area contributed by atoms with Gasteiger partial charge in [0.1, 0.15) is 11.4 Å². The first kappa shape index (κ1) is 11.7. The van der Waals surface area contributed by atoms with E-state index < -0.39 is 0 Å². The van der Waals surface area contributed by atoms with Gasteiger partial charge < -0.3 is 15.0 Å². The third-order valence-corrected chi connectivity index (χ3v) is 2.59. The topological polar surface area (TPSA) is 54.5 Å². The molecule has 0 spiro atoms. The number of pyridine rings is 1. The molecule has 92 valence electrons. The first-order chi connectivity index (χ1) is 8.13. The summed E-state index contributed by atoms with van der Waals surface area (Å²) >= 11 is 0. The highest BCUT2D eigenvalue weighted by Gasteiger charge is 2.26. The number of hydrogen-bond donors (Lipinski definition) is 1. The van der Waals surface area contributed by atoms with Crippen LogP contribution < -0.4 is 15.0 Å². The maximum atomic E-state index is 11.7. The zero-order valence-electron chi connectivity index (χ0n) is 10.4. The molecule has 0 bridgehead atoms. The molecule has 0 saturated heterocycles. The molecule has 1 N–H and O–H groups in total. The van der Waals surface area contributed by atoms with Gasteiger partial charge in [-0.05, 0) is 12.8 Å². The predicted molar refractivity (Wildman–Crippen MR) is 65.6 cm³/mol. The summed E-state index contributed by atoms with van der Waals surface area (Å²) in [6.45, 7) is 0. The van der Waals surface area contributed by atoms with Crippen LogP contribution in [-0.2, 0) is 0 Å². The van der Waals surface area contributed by atoms with Gasteiger partial charge in [-0.15, -0.1) is 0 Å². The van der Waals surface area contributed by atoms with Gasteiger partial charge in [0.05, 0.1) is 6.10 Å². The monoisotopic (exact) mass is 235 g/mol. The average Bonchev–Trinajstić information content (AvgIpc) is 3.11. The van der Waals surface area contributed by atoms with Crippen molar-refractivity contribution in [3.8, 4) is 5.75 Å². The third-order valence-electron chi connectivity index (χ3n) is 2.59. The van der Waals surface area contributed by atoms with Gasteiger partial charge in [-0.3, -0.25) is 4.79 Å². The Morgan fingerprint density at radius 1 is 1.53 bits per heavy atom. The maximum Gasteiger partial charge on any atom is 0.271 e. The van der Waals surface area contributed by atoms with E-state index in [4.69, 9.17) is 4.74 Å². The van der Waals surface area contributed by atoms with E-state index in [2.05, 4.69) is 10.3 Å². The first-order valence-electron chi connectivity index (χ1n) is 5.68.